The number of methoxy groups -OCH3 is 1. The van der Waals surface area contributed by atoms with Gasteiger partial charge in [0.2, 0.25) is 6.43 Å². The van der Waals surface area contributed by atoms with Crippen molar-refractivity contribution in [1.82, 2.24) is 4.57 Å². The van der Waals surface area contributed by atoms with E-state index in [0.717, 1.165) is 22.6 Å². The number of aryl methyl sites for hydroxylation is 1. The Morgan fingerprint density at radius 1 is 1.45 bits per heavy atom. The van der Waals surface area contributed by atoms with Gasteiger partial charge in [-0.05, 0) is 30.6 Å². The van der Waals surface area contributed by atoms with Gasteiger partial charge in [0.15, 0.2) is 0 Å². The van der Waals surface area contributed by atoms with E-state index in [0.29, 0.717) is 19.3 Å². The highest BCUT2D eigenvalue weighted by Crippen LogP contribution is 2.22. The summed E-state index contributed by atoms with van der Waals surface area (Å²) in [5.41, 5.74) is 5.23. The molecule has 0 amide bonds. The normalized spacial score (nSPS) is 13.6. The molecule has 0 aliphatic heterocycles. The van der Waals surface area contributed by atoms with Gasteiger partial charge < -0.3 is 9.30 Å². The Kier molecular flexibility index (Phi) is 5.34. The van der Waals surface area contributed by atoms with Crippen molar-refractivity contribution in [2.24, 2.45) is 7.05 Å². The summed E-state index contributed by atoms with van der Waals surface area (Å²) in [5, 5.41) is 0. The second-order valence-electron chi connectivity index (χ2n) is 5.18. The van der Waals surface area contributed by atoms with Crippen LogP contribution in [0.1, 0.15) is 36.1 Å². The summed E-state index contributed by atoms with van der Waals surface area (Å²) in [6, 6.07) is 1.52. The molecule has 1 aromatic rings. The van der Waals surface area contributed by atoms with Crippen molar-refractivity contribution >= 4 is 12.2 Å². The number of fused-ring (bicyclic) bond motifs is 1. The van der Waals surface area contributed by atoms with E-state index >= 15 is 0 Å². The molecule has 0 N–H and O–H groups in total. The molecule has 118 valence electrons. The predicted molar refractivity (Wildman–Crippen MR) is 82.8 cm³/mol. The summed E-state index contributed by atoms with van der Waals surface area (Å²) in [5.74, 6) is 0.724. The van der Waals surface area contributed by atoms with E-state index < -0.39 is 6.43 Å². The molecule has 1 aliphatic rings. The lowest BCUT2D eigenvalue weighted by Crippen LogP contribution is -2.21. The Labute approximate surface area is 128 Å². The molecule has 0 aromatic carbocycles. The molecule has 0 bridgehead atoms. The van der Waals surface area contributed by atoms with Crippen molar-refractivity contribution in [2.45, 2.75) is 32.1 Å². The summed E-state index contributed by atoms with van der Waals surface area (Å²) in [4.78, 5) is 12.1. The van der Waals surface area contributed by atoms with Crippen molar-refractivity contribution in [3.05, 3.63) is 50.8 Å². The van der Waals surface area contributed by atoms with Crippen LogP contribution in [-0.2, 0) is 18.2 Å². The van der Waals surface area contributed by atoms with Crippen LogP contribution >= 0.6 is 0 Å². The van der Waals surface area contributed by atoms with Crippen LogP contribution in [0.15, 0.2) is 28.4 Å². The number of allylic oxidation sites excluding steroid dienone is 1. The quantitative estimate of drug-likeness (QED) is 0.779. The number of ether oxygens (including phenoxy) is 1. The maximum Gasteiger partial charge on any atom is 0.251 e. The zero-order chi connectivity index (χ0) is 16.1. The van der Waals surface area contributed by atoms with E-state index in [1.807, 2.05) is 12.2 Å². The average molecular weight is 307 g/mol. The molecule has 1 aromatic heterocycles. The van der Waals surface area contributed by atoms with E-state index in [1.54, 1.807) is 20.2 Å². The molecule has 22 heavy (non-hydrogen) atoms. The molecule has 0 saturated heterocycles. The van der Waals surface area contributed by atoms with Gasteiger partial charge in [-0.2, -0.15) is 0 Å². The molecule has 1 heterocycles. The number of alkyl halides is 2. The lowest BCUT2D eigenvalue weighted by molar-refractivity contribution is 0.135. The fourth-order valence-corrected chi connectivity index (χ4v) is 2.44. The van der Waals surface area contributed by atoms with Crippen molar-refractivity contribution < 1.29 is 13.5 Å². The maximum atomic E-state index is 12.3. The Morgan fingerprint density at radius 2 is 2.23 bits per heavy atom. The molecule has 0 spiro atoms. The topological polar surface area (TPSA) is 31.2 Å². The highest BCUT2D eigenvalue weighted by atomic mass is 19.3. The lowest BCUT2D eigenvalue weighted by Gasteiger charge is -2.15. The van der Waals surface area contributed by atoms with Gasteiger partial charge >= 0.3 is 0 Å². The van der Waals surface area contributed by atoms with Crippen molar-refractivity contribution in [2.75, 3.05) is 7.11 Å². The van der Waals surface area contributed by atoms with Crippen LogP contribution in [0.5, 0.6) is 0 Å². The fraction of sp³-hybridized carbons (Fsp3) is 0.412. The molecule has 2 rings (SSSR count). The number of nitrogens with zero attached hydrogens (tertiary/aromatic N) is 1. The number of hydrogen-bond acceptors (Lipinski definition) is 2. The molecular formula is C17H19F2NO2. The summed E-state index contributed by atoms with van der Waals surface area (Å²) in [6.07, 6.45) is 4.36. The Morgan fingerprint density at radius 3 is 2.91 bits per heavy atom. The second kappa shape index (κ2) is 7.23. The zero-order valence-corrected chi connectivity index (χ0v) is 12.7. The monoisotopic (exact) mass is 307 g/mol. The Bertz CT molecular complexity index is 695. The summed E-state index contributed by atoms with van der Waals surface area (Å²) in [7, 11) is 3.27. The first-order valence-corrected chi connectivity index (χ1v) is 7.19. The van der Waals surface area contributed by atoms with Crippen LogP contribution in [0.3, 0.4) is 0 Å². The van der Waals surface area contributed by atoms with Gasteiger partial charge in [-0.25, -0.2) is 8.78 Å². The second-order valence-corrected chi connectivity index (χ2v) is 5.18. The van der Waals surface area contributed by atoms with Crippen LogP contribution < -0.4 is 5.56 Å². The third-order valence-electron chi connectivity index (χ3n) is 3.69. The number of rotatable bonds is 5. The SMILES string of the molecule is COC1=Cc2c(c(CCCC(F)F)cc(=O)n2C)C=C=CC1. The number of halogens is 2. The van der Waals surface area contributed by atoms with Crippen molar-refractivity contribution in [1.29, 1.82) is 0 Å². The maximum absolute atomic E-state index is 12.3. The number of pyridine rings is 1. The molecular weight excluding hydrogens is 288 g/mol. The highest BCUT2D eigenvalue weighted by Gasteiger charge is 2.13. The van der Waals surface area contributed by atoms with Crippen LogP contribution in [0.4, 0.5) is 8.78 Å². The van der Waals surface area contributed by atoms with Gasteiger partial charge in [0.1, 0.15) is 5.76 Å². The van der Waals surface area contributed by atoms with Gasteiger partial charge in [0, 0.05) is 37.6 Å². The van der Waals surface area contributed by atoms with E-state index in [1.165, 1.54) is 10.6 Å². The minimum atomic E-state index is -2.32. The van der Waals surface area contributed by atoms with E-state index in [9.17, 15) is 13.6 Å². The molecule has 5 heteroatoms. The first-order chi connectivity index (χ1) is 10.5. The summed E-state index contributed by atoms with van der Waals surface area (Å²) >= 11 is 0. The van der Waals surface area contributed by atoms with Gasteiger partial charge in [-0.3, -0.25) is 4.79 Å². The minimum Gasteiger partial charge on any atom is -0.501 e. The fourth-order valence-electron chi connectivity index (χ4n) is 2.44. The molecule has 3 nitrogen and oxygen atoms in total. The molecule has 0 radical (unpaired) electrons. The van der Waals surface area contributed by atoms with E-state index in [-0.39, 0.29) is 12.0 Å². The third-order valence-corrected chi connectivity index (χ3v) is 3.69. The van der Waals surface area contributed by atoms with Gasteiger partial charge in [-0.15, -0.1) is 5.73 Å². The summed E-state index contributed by atoms with van der Waals surface area (Å²) in [6.45, 7) is 0. The minimum absolute atomic E-state index is 0.157. The van der Waals surface area contributed by atoms with Crippen LogP contribution in [-0.4, -0.2) is 18.1 Å². The van der Waals surface area contributed by atoms with Crippen molar-refractivity contribution in [3.8, 4) is 0 Å². The summed E-state index contributed by atoms with van der Waals surface area (Å²) < 4.78 is 31.5. The van der Waals surface area contributed by atoms with Crippen molar-refractivity contribution in [3.63, 3.8) is 0 Å². The first-order valence-electron chi connectivity index (χ1n) is 7.19. The van der Waals surface area contributed by atoms with Gasteiger partial charge in [0.25, 0.3) is 5.56 Å². The van der Waals surface area contributed by atoms with Gasteiger partial charge in [-0.1, -0.05) is 0 Å². The molecule has 0 saturated carbocycles. The van der Waals surface area contributed by atoms with E-state index in [4.69, 9.17) is 4.74 Å². The number of aromatic nitrogens is 1. The third kappa shape index (κ3) is 3.74. The lowest BCUT2D eigenvalue weighted by atomic mass is 9.99. The van der Waals surface area contributed by atoms with E-state index in [2.05, 4.69) is 5.73 Å². The smallest absolute Gasteiger partial charge is 0.251 e. The molecule has 0 atom stereocenters. The van der Waals surface area contributed by atoms with Gasteiger partial charge in [0.05, 0.1) is 12.8 Å². The van der Waals surface area contributed by atoms with Crippen LogP contribution in [0, 0.1) is 0 Å². The van der Waals surface area contributed by atoms with Crippen LogP contribution in [0.25, 0.3) is 12.2 Å². The first kappa shape index (κ1) is 16.2. The molecule has 0 unspecified atom stereocenters. The van der Waals surface area contributed by atoms with Crippen LogP contribution in [0.2, 0.25) is 0 Å². The molecule has 1 aliphatic carbocycles. The molecule has 0 fully saturated rings. The zero-order valence-electron chi connectivity index (χ0n) is 12.7. The number of hydrogen-bond donors (Lipinski definition) is 0. The average Bonchev–Trinajstić information content (AvgIpc) is 2.44. The Hall–Kier alpha value is -2.13. The standard InChI is InChI=1S/C17H19F2NO2/c1-20-15-11-13(22-2)7-3-4-8-14(15)12(10-17(20)21)6-5-9-16(18)19/h3,8,10-11,16H,5-7,9H2,1-2H3. The largest absolute Gasteiger partial charge is 0.501 e. The Balaban J connectivity index is 2.49. The predicted octanol–water partition coefficient (Wildman–Crippen LogP) is 3.53. The highest BCUT2D eigenvalue weighted by molar-refractivity contribution is 5.67.